The third-order valence-electron chi connectivity index (χ3n) is 4.74. The number of rotatable bonds is 5. The Morgan fingerprint density at radius 1 is 1.00 bits per heavy atom. The van der Waals surface area contributed by atoms with Crippen LogP contribution in [-0.2, 0) is 6.42 Å². The lowest BCUT2D eigenvalue weighted by atomic mass is 10.0. The highest BCUT2D eigenvalue weighted by Crippen LogP contribution is 2.27. The Morgan fingerprint density at radius 3 is 2.80 bits per heavy atom. The molecule has 4 aromatic heterocycles. The number of imidazole rings is 1. The van der Waals surface area contributed by atoms with E-state index in [4.69, 9.17) is 0 Å². The van der Waals surface area contributed by atoms with Crippen molar-refractivity contribution in [2.75, 3.05) is 11.9 Å². The van der Waals surface area contributed by atoms with Gasteiger partial charge in [0, 0.05) is 30.3 Å². The van der Waals surface area contributed by atoms with Crippen molar-refractivity contribution in [2.45, 2.75) is 6.42 Å². The number of benzene rings is 1. The number of halogens is 2. The minimum Gasteiger partial charge on any atom is -0.368 e. The van der Waals surface area contributed by atoms with Crippen LogP contribution in [0.5, 0.6) is 0 Å². The van der Waals surface area contributed by atoms with E-state index in [0.29, 0.717) is 41.3 Å². The first kappa shape index (κ1) is 18.0. The zero-order valence-electron chi connectivity index (χ0n) is 15.6. The van der Waals surface area contributed by atoms with Crippen molar-refractivity contribution in [1.29, 1.82) is 0 Å². The summed E-state index contributed by atoms with van der Waals surface area (Å²) in [5.41, 5.74) is 3.54. The van der Waals surface area contributed by atoms with Crippen LogP contribution in [0.3, 0.4) is 0 Å². The number of aromatic amines is 1. The number of H-pyrrole nitrogens is 1. The number of aromatic nitrogens is 6. The van der Waals surface area contributed by atoms with E-state index >= 15 is 0 Å². The topological polar surface area (TPSA) is 92.3 Å². The lowest BCUT2D eigenvalue weighted by Crippen LogP contribution is -2.09. The minimum atomic E-state index is -0.666. The number of pyridine rings is 2. The molecule has 0 aliphatic carbocycles. The first-order valence-electron chi connectivity index (χ1n) is 9.27. The Kier molecular flexibility index (Phi) is 4.47. The van der Waals surface area contributed by atoms with Gasteiger partial charge in [-0.3, -0.25) is 4.98 Å². The minimum absolute atomic E-state index is 0.250. The van der Waals surface area contributed by atoms with Crippen LogP contribution >= 0.6 is 0 Å². The summed E-state index contributed by atoms with van der Waals surface area (Å²) in [4.78, 5) is 24.3. The van der Waals surface area contributed by atoms with Gasteiger partial charge < -0.3 is 10.3 Å². The number of nitrogens with zero attached hydrogens (tertiary/aromatic N) is 5. The molecule has 9 heteroatoms. The first-order valence-corrected chi connectivity index (χ1v) is 9.27. The lowest BCUT2D eigenvalue weighted by Gasteiger charge is -2.12. The summed E-state index contributed by atoms with van der Waals surface area (Å²) in [6.45, 7) is 0.501. The van der Waals surface area contributed by atoms with Crippen molar-refractivity contribution in [3.63, 3.8) is 0 Å². The lowest BCUT2D eigenvalue weighted by molar-refractivity contribution is 0.591. The van der Waals surface area contributed by atoms with Crippen LogP contribution in [0.15, 0.2) is 55.2 Å². The molecule has 0 unspecified atom stereocenters. The van der Waals surface area contributed by atoms with Crippen LogP contribution in [0, 0.1) is 11.6 Å². The average Bonchev–Trinajstić information content (AvgIpc) is 3.24. The van der Waals surface area contributed by atoms with Gasteiger partial charge in [-0.15, -0.1) is 0 Å². The molecule has 1 aromatic carbocycles. The number of fused-ring (bicyclic) bond motifs is 2. The highest BCUT2D eigenvalue weighted by atomic mass is 19.1. The summed E-state index contributed by atoms with van der Waals surface area (Å²) in [5, 5.41) is 3.52. The highest BCUT2D eigenvalue weighted by Gasteiger charge is 2.14. The summed E-state index contributed by atoms with van der Waals surface area (Å²) >= 11 is 0. The third kappa shape index (κ3) is 3.30. The summed E-state index contributed by atoms with van der Waals surface area (Å²) in [5.74, 6) is -0.686. The van der Waals surface area contributed by atoms with E-state index in [9.17, 15) is 8.78 Å². The van der Waals surface area contributed by atoms with Gasteiger partial charge >= 0.3 is 0 Å². The monoisotopic (exact) mass is 403 g/mol. The van der Waals surface area contributed by atoms with E-state index in [0.717, 1.165) is 11.6 Å². The first-order chi connectivity index (χ1) is 14.7. The van der Waals surface area contributed by atoms with Gasteiger partial charge in [-0.1, -0.05) is 6.07 Å². The van der Waals surface area contributed by atoms with Crippen LogP contribution in [0.25, 0.3) is 33.5 Å². The quantitative estimate of drug-likeness (QED) is 0.462. The molecule has 0 radical (unpaired) electrons. The van der Waals surface area contributed by atoms with E-state index in [1.165, 1.54) is 12.4 Å². The number of nitrogens with one attached hydrogen (secondary N) is 2. The standard InChI is InChI=1S/C21H15F2N7/c22-13-8-15(23)14-7-12(18(30-17(14)9-13)16-3-1-2-5-24-16)4-6-25-20-19-21(27-10-26-19)29-11-28-20/h1-3,5,7-11H,4,6H2,(H2,25,26,27,28,29). The third-order valence-corrected chi connectivity index (χ3v) is 4.74. The van der Waals surface area contributed by atoms with Crippen molar-refractivity contribution in [2.24, 2.45) is 0 Å². The zero-order chi connectivity index (χ0) is 20.5. The Hall–Kier alpha value is -4.01. The van der Waals surface area contributed by atoms with Gasteiger partial charge in [0.1, 0.15) is 23.5 Å². The van der Waals surface area contributed by atoms with Crippen molar-refractivity contribution >= 4 is 27.9 Å². The molecule has 0 atom stereocenters. The van der Waals surface area contributed by atoms with E-state index in [1.807, 2.05) is 12.1 Å². The average molecular weight is 403 g/mol. The maximum Gasteiger partial charge on any atom is 0.182 e. The number of hydrogen-bond donors (Lipinski definition) is 2. The smallest absolute Gasteiger partial charge is 0.182 e. The number of anilines is 1. The van der Waals surface area contributed by atoms with Gasteiger partial charge in [-0.2, -0.15) is 0 Å². The van der Waals surface area contributed by atoms with Gasteiger partial charge in [0.05, 0.1) is 23.2 Å². The molecule has 148 valence electrons. The Labute approximate surface area is 169 Å². The molecule has 0 saturated carbocycles. The summed E-state index contributed by atoms with van der Waals surface area (Å²) in [6, 6.07) is 9.26. The predicted molar refractivity (Wildman–Crippen MR) is 109 cm³/mol. The van der Waals surface area contributed by atoms with Crippen molar-refractivity contribution < 1.29 is 8.78 Å². The van der Waals surface area contributed by atoms with Gasteiger partial charge in [-0.05, 0) is 30.2 Å². The second-order valence-corrected chi connectivity index (χ2v) is 6.67. The number of hydrogen-bond acceptors (Lipinski definition) is 6. The molecule has 5 aromatic rings. The van der Waals surface area contributed by atoms with E-state index in [2.05, 4.69) is 35.2 Å². The van der Waals surface area contributed by atoms with Gasteiger partial charge in [0.25, 0.3) is 0 Å². The van der Waals surface area contributed by atoms with Crippen LogP contribution in [-0.4, -0.2) is 36.4 Å². The molecule has 0 spiro atoms. The molecule has 0 saturated heterocycles. The van der Waals surface area contributed by atoms with E-state index in [1.54, 1.807) is 24.7 Å². The SMILES string of the molecule is Fc1cc(F)c2cc(CCNc3ncnc4nc[nH]c34)c(-c3ccccn3)nc2c1. The fourth-order valence-corrected chi connectivity index (χ4v) is 3.37. The van der Waals surface area contributed by atoms with Crippen LogP contribution in [0.1, 0.15) is 5.56 Å². The molecule has 7 nitrogen and oxygen atoms in total. The van der Waals surface area contributed by atoms with Gasteiger partial charge in [0.15, 0.2) is 11.5 Å². The predicted octanol–water partition coefficient (Wildman–Crippen LogP) is 3.90. The van der Waals surface area contributed by atoms with Crippen LogP contribution in [0.4, 0.5) is 14.6 Å². The van der Waals surface area contributed by atoms with E-state index in [-0.39, 0.29) is 10.9 Å². The normalized spacial score (nSPS) is 11.3. The second kappa shape index (κ2) is 7.43. The van der Waals surface area contributed by atoms with Gasteiger partial charge in [-0.25, -0.2) is 28.7 Å². The molecule has 0 fully saturated rings. The molecule has 30 heavy (non-hydrogen) atoms. The molecular formula is C21H15F2N7. The molecule has 5 rings (SSSR count). The Morgan fingerprint density at radius 2 is 1.93 bits per heavy atom. The van der Waals surface area contributed by atoms with E-state index < -0.39 is 11.6 Å². The van der Waals surface area contributed by atoms with Crippen LogP contribution < -0.4 is 5.32 Å². The maximum atomic E-state index is 14.3. The Balaban J connectivity index is 1.51. The van der Waals surface area contributed by atoms with Crippen molar-refractivity contribution in [3.05, 3.63) is 72.4 Å². The summed E-state index contributed by atoms with van der Waals surface area (Å²) in [6.07, 6.45) is 5.17. The molecule has 0 aliphatic heterocycles. The maximum absolute atomic E-state index is 14.3. The second-order valence-electron chi connectivity index (χ2n) is 6.67. The van der Waals surface area contributed by atoms with Crippen molar-refractivity contribution in [3.8, 4) is 11.4 Å². The fraction of sp³-hybridized carbons (Fsp3) is 0.0952. The molecule has 0 bridgehead atoms. The molecule has 0 aliphatic rings. The molecular weight excluding hydrogens is 388 g/mol. The van der Waals surface area contributed by atoms with Crippen LogP contribution in [0.2, 0.25) is 0 Å². The van der Waals surface area contributed by atoms with Crippen molar-refractivity contribution in [1.82, 2.24) is 29.9 Å². The molecule has 2 N–H and O–H groups in total. The summed E-state index contributed by atoms with van der Waals surface area (Å²) in [7, 11) is 0. The zero-order valence-corrected chi connectivity index (χ0v) is 15.6. The molecule has 0 amide bonds. The molecule has 4 heterocycles. The fourth-order valence-electron chi connectivity index (χ4n) is 3.37. The largest absolute Gasteiger partial charge is 0.368 e. The Bertz CT molecular complexity index is 1350. The highest BCUT2D eigenvalue weighted by molar-refractivity contribution is 5.84. The summed E-state index contributed by atoms with van der Waals surface area (Å²) < 4.78 is 28.0. The van der Waals surface area contributed by atoms with Gasteiger partial charge in [0.2, 0.25) is 0 Å².